The lowest BCUT2D eigenvalue weighted by molar-refractivity contribution is -0.140. The van der Waals surface area contributed by atoms with Crippen molar-refractivity contribution in [2.75, 3.05) is 20.8 Å². The van der Waals surface area contributed by atoms with E-state index in [1.165, 1.54) is 19.1 Å². The molecule has 190 valence electrons. The van der Waals surface area contributed by atoms with Crippen LogP contribution >= 0.6 is 0 Å². The van der Waals surface area contributed by atoms with Gasteiger partial charge < -0.3 is 24.2 Å². The fraction of sp³-hybridized carbons (Fsp3) is 0.207. The number of hydrogen-bond acceptors (Lipinski definition) is 7. The van der Waals surface area contributed by atoms with Crippen LogP contribution in [0.25, 0.3) is 5.76 Å². The first-order chi connectivity index (χ1) is 17.9. The molecule has 1 fully saturated rings. The molecular weight excluding hydrogens is 472 g/mol. The van der Waals surface area contributed by atoms with Crippen LogP contribution in [0.15, 0.2) is 79.2 Å². The fourth-order valence-electron chi connectivity index (χ4n) is 4.36. The van der Waals surface area contributed by atoms with Gasteiger partial charge in [0.2, 0.25) is 0 Å². The minimum absolute atomic E-state index is 0.0136. The summed E-state index contributed by atoms with van der Waals surface area (Å²) in [5.41, 5.74) is 2.48. The second kappa shape index (κ2) is 11.0. The number of aryl methyl sites for hydroxylation is 1. The quantitative estimate of drug-likeness (QED) is 0.199. The van der Waals surface area contributed by atoms with Crippen LogP contribution in [-0.2, 0) is 16.1 Å². The molecule has 2 heterocycles. The highest BCUT2D eigenvalue weighted by Gasteiger charge is 2.46. The number of pyridine rings is 1. The monoisotopic (exact) mass is 500 g/mol. The van der Waals surface area contributed by atoms with Gasteiger partial charge in [0, 0.05) is 24.5 Å². The van der Waals surface area contributed by atoms with Gasteiger partial charge in [0.15, 0.2) is 11.5 Å². The van der Waals surface area contributed by atoms with Gasteiger partial charge in [-0.2, -0.15) is 0 Å². The predicted molar refractivity (Wildman–Crippen MR) is 139 cm³/mol. The van der Waals surface area contributed by atoms with Gasteiger partial charge in [-0.1, -0.05) is 24.8 Å². The van der Waals surface area contributed by atoms with Crippen LogP contribution in [-0.4, -0.2) is 47.5 Å². The molecule has 1 aliphatic rings. The Hall–Kier alpha value is -4.59. The Bertz CT molecular complexity index is 1370. The molecule has 37 heavy (non-hydrogen) atoms. The molecule has 8 nitrogen and oxygen atoms in total. The summed E-state index contributed by atoms with van der Waals surface area (Å²) in [6.07, 6.45) is 4.91. The Morgan fingerprint density at radius 1 is 1.08 bits per heavy atom. The number of nitrogens with zero attached hydrogens (tertiary/aromatic N) is 2. The standard InChI is InChI=1S/C29H28N2O6/c1-5-13-37-22-10-9-21(14-18(22)2)27(32)25-26(20-8-11-23(35-3)24(15-20)36-4)31(29(34)28(25)33)17-19-7-6-12-30-16-19/h5-12,14-16,26,32H,1,13,17H2,2-4H3/b27-25+. The van der Waals surface area contributed by atoms with E-state index in [4.69, 9.17) is 14.2 Å². The van der Waals surface area contributed by atoms with Crippen molar-refractivity contribution in [3.05, 3.63) is 101 Å². The van der Waals surface area contributed by atoms with E-state index in [0.29, 0.717) is 35.0 Å². The molecule has 1 atom stereocenters. The van der Waals surface area contributed by atoms with E-state index >= 15 is 0 Å². The van der Waals surface area contributed by atoms with E-state index in [2.05, 4.69) is 11.6 Å². The molecule has 3 aromatic rings. The molecule has 1 aromatic heterocycles. The Labute approximate surface area is 215 Å². The third kappa shape index (κ3) is 5.04. The summed E-state index contributed by atoms with van der Waals surface area (Å²) in [6, 6.07) is 13.0. The number of amides is 1. The minimum atomic E-state index is -0.864. The van der Waals surface area contributed by atoms with Crippen LogP contribution in [0.5, 0.6) is 17.2 Å². The highest BCUT2D eigenvalue weighted by atomic mass is 16.5. The van der Waals surface area contributed by atoms with Gasteiger partial charge in [-0.25, -0.2) is 0 Å². The van der Waals surface area contributed by atoms with Gasteiger partial charge in [0.05, 0.1) is 25.8 Å². The summed E-state index contributed by atoms with van der Waals surface area (Å²) in [5, 5.41) is 11.4. The molecule has 2 aromatic carbocycles. The third-order valence-corrected chi connectivity index (χ3v) is 6.14. The molecule has 1 N–H and O–H groups in total. The van der Waals surface area contributed by atoms with Crippen LogP contribution in [0.1, 0.15) is 28.3 Å². The van der Waals surface area contributed by atoms with E-state index in [1.807, 2.05) is 13.0 Å². The molecule has 0 radical (unpaired) electrons. The smallest absolute Gasteiger partial charge is 0.295 e. The van der Waals surface area contributed by atoms with Gasteiger partial charge in [-0.3, -0.25) is 14.6 Å². The summed E-state index contributed by atoms with van der Waals surface area (Å²) < 4.78 is 16.4. The number of aromatic nitrogens is 1. The lowest BCUT2D eigenvalue weighted by atomic mass is 9.94. The molecule has 0 saturated carbocycles. The number of likely N-dealkylation sites (tertiary alicyclic amines) is 1. The van der Waals surface area contributed by atoms with Gasteiger partial charge >= 0.3 is 0 Å². The van der Waals surface area contributed by atoms with Crippen LogP contribution in [0.3, 0.4) is 0 Å². The molecule has 4 rings (SSSR count). The first-order valence-electron chi connectivity index (χ1n) is 11.6. The second-order valence-electron chi connectivity index (χ2n) is 8.48. The molecule has 0 aliphatic carbocycles. The van der Waals surface area contributed by atoms with E-state index in [0.717, 1.165) is 11.1 Å². The van der Waals surface area contributed by atoms with Crippen molar-refractivity contribution in [3.63, 3.8) is 0 Å². The average molecular weight is 501 g/mol. The number of Topliss-reactive ketones (excluding diaryl/α,β-unsaturated/α-hetero) is 1. The zero-order valence-electron chi connectivity index (χ0n) is 20.9. The maximum atomic E-state index is 13.4. The highest BCUT2D eigenvalue weighted by Crippen LogP contribution is 2.43. The van der Waals surface area contributed by atoms with Crippen molar-refractivity contribution in [3.8, 4) is 17.2 Å². The number of benzene rings is 2. The number of hydrogen-bond donors (Lipinski definition) is 1. The normalized spacial score (nSPS) is 16.5. The molecular formula is C29H28N2O6. The highest BCUT2D eigenvalue weighted by molar-refractivity contribution is 6.46. The number of carbonyl (C=O) groups excluding carboxylic acids is 2. The summed E-state index contributed by atoms with van der Waals surface area (Å²) in [4.78, 5) is 32.2. The van der Waals surface area contributed by atoms with Crippen molar-refractivity contribution in [1.82, 2.24) is 9.88 Å². The average Bonchev–Trinajstić information content (AvgIpc) is 3.17. The number of ether oxygens (including phenoxy) is 3. The second-order valence-corrected chi connectivity index (χ2v) is 8.48. The Morgan fingerprint density at radius 3 is 2.49 bits per heavy atom. The number of aliphatic hydroxyl groups is 1. The lowest BCUT2D eigenvalue weighted by Crippen LogP contribution is -2.29. The minimum Gasteiger partial charge on any atom is -0.507 e. The molecule has 0 spiro atoms. The van der Waals surface area contributed by atoms with Gasteiger partial charge in [-0.15, -0.1) is 0 Å². The number of ketones is 1. The molecule has 1 amide bonds. The number of aliphatic hydroxyl groups excluding tert-OH is 1. The SMILES string of the molecule is C=CCOc1ccc(/C(O)=C2\C(=O)C(=O)N(Cc3cccnc3)C2c2ccc(OC)c(OC)c2)cc1C. The first kappa shape index (κ1) is 25.5. The molecule has 1 aliphatic heterocycles. The van der Waals surface area contributed by atoms with Crippen molar-refractivity contribution in [1.29, 1.82) is 0 Å². The first-order valence-corrected chi connectivity index (χ1v) is 11.6. The Morgan fingerprint density at radius 2 is 1.84 bits per heavy atom. The molecule has 1 unspecified atom stereocenters. The van der Waals surface area contributed by atoms with Crippen LogP contribution < -0.4 is 14.2 Å². The summed E-state index contributed by atoms with van der Waals surface area (Å²) in [7, 11) is 3.03. The Kier molecular flexibility index (Phi) is 7.57. The van der Waals surface area contributed by atoms with E-state index in [9.17, 15) is 14.7 Å². The molecule has 8 heteroatoms. The van der Waals surface area contributed by atoms with Crippen LogP contribution in [0, 0.1) is 6.92 Å². The van der Waals surface area contributed by atoms with Gasteiger partial charge in [0.25, 0.3) is 11.7 Å². The van der Waals surface area contributed by atoms with Gasteiger partial charge in [-0.05, 0) is 60.0 Å². The molecule has 1 saturated heterocycles. The van der Waals surface area contributed by atoms with E-state index in [-0.39, 0.29) is 17.9 Å². The van der Waals surface area contributed by atoms with Crippen LogP contribution in [0.2, 0.25) is 0 Å². The maximum absolute atomic E-state index is 13.4. The number of rotatable bonds is 9. The maximum Gasteiger partial charge on any atom is 0.295 e. The van der Waals surface area contributed by atoms with Crippen molar-refractivity contribution in [2.45, 2.75) is 19.5 Å². The fourth-order valence-corrected chi connectivity index (χ4v) is 4.36. The zero-order valence-corrected chi connectivity index (χ0v) is 20.9. The number of carbonyl (C=O) groups is 2. The third-order valence-electron chi connectivity index (χ3n) is 6.14. The summed E-state index contributed by atoms with van der Waals surface area (Å²) >= 11 is 0. The van der Waals surface area contributed by atoms with Gasteiger partial charge in [0.1, 0.15) is 18.1 Å². The summed E-state index contributed by atoms with van der Waals surface area (Å²) in [5.74, 6) is -0.193. The number of methoxy groups -OCH3 is 2. The van der Waals surface area contributed by atoms with E-state index < -0.39 is 17.7 Å². The van der Waals surface area contributed by atoms with Crippen molar-refractivity contribution < 1.29 is 28.9 Å². The summed E-state index contributed by atoms with van der Waals surface area (Å²) in [6.45, 7) is 5.95. The largest absolute Gasteiger partial charge is 0.507 e. The van der Waals surface area contributed by atoms with Crippen LogP contribution in [0.4, 0.5) is 0 Å². The predicted octanol–water partition coefficient (Wildman–Crippen LogP) is 4.59. The van der Waals surface area contributed by atoms with Crippen molar-refractivity contribution in [2.24, 2.45) is 0 Å². The molecule has 0 bridgehead atoms. The van der Waals surface area contributed by atoms with E-state index in [1.54, 1.807) is 60.9 Å². The Balaban J connectivity index is 1.86. The topological polar surface area (TPSA) is 98.2 Å². The lowest BCUT2D eigenvalue weighted by Gasteiger charge is -2.26. The zero-order chi connectivity index (χ0) is 26.5. The van der Waals surface area contributed by atoms with Crippen molar-refractivity contribution >= 4 is 17.4 Å².